The number of hydrogen-bond donors (Lipinski definition) is 0. The third-order valence-corrected chi connectivity index (χ3v) is 4.14. The van der Waals surface area contributed by atoms with E-state index in [-0.39, 0.29) is 30.4 Å². The highest BCUT2D eigenvalue weighted by Crippen LogP contribution is 2.13. The largest absolute Gasteiger partial charge is 0.336 e. The molecular formula is C18H25N3O3. The minimum Gasteiger partial charge on any atom is -0.336 e. The van der Waals surface area contributed by atoms with Crippen LogP contribution in [0.3, 0.4) is 0 Å². The van der Waals surface area contributed by atoms with Crippen molar-refractivity contribution < 1.29 is 14.4 Å². The van der Waals surface area contributed by atoms with E-state index in [0.29, 0.717) is 25.9 Å². The molecular weight excluding hydrogens is 306 g/mol. The Hall–Kier alpha value is -2.37. The summed E-state index contributed by atoms with van der Waals surface area (Å²) in [6.45, 7) is 4.97. The number of rotatable bonds is 7. The summed E-state index contributed by atoms with van der Waals surface area (Å²) in [6.07, 6.45) is 0.813. The molecule has 0 aliphatic carbocycles. The van der Waals surface area contributed by atoms with Crippen molar-refractivity contribution >= 4 is 17.8 Å². The number of likely N-dealkylation sites (N-methyl/N-ethyl adjacent to an activating group) is 1. The summed E-state index contributed by atoms with van der Waals surface area (Å²) in [4.78, 5) is 40.5. The summed E-state index contributed by atoms with van der Waals surface area (Å²) in [5, 5.41) is 0. The van der Waals surface area contributed by atoms with Crippen LogP contribution in [0.2, 0.25) is 0 Å². The van der Waals surface area contributed by atoms with Crippen LogP contribution in [0.4, 0.5) is 4.79 Å². The summed E-state index contributed by atoms with van der Waals surface area (Å²) < 4.78 is 0. The van der Waals surface area contributed by atoms with Gasteiger partial charge >= 0.3 is 6.03 Å². The first-order chi connectivity index (χ1) is 11.4. The number of nitrogens with zero attached hydrogens (tertiary/aromatic N) is 3. The van der Waals surface area contributed by atoms with Crippen molar-refractivity contribution in [1.82, 2.24) is 14.7 Å². The molecule has 6 nitrogen and oxygen atoms in total. The zero-order valence-corrected chi connectivity index (χ0v) is 14.6. The van der Waals surface area contributed by atoms with Gasteiger partial charge in [-0.25, -0.2) is 4.79 Å². The Balaban J connectivity index is 1.87. The van der Waals surface area contributed by atoms with Gasteiger partial charge in [0, 0.05) is 32.6 Å². The third-order valence-electron chi connectivity index (χ3n) is 4.14. The van der Waals surface area contributed by atoms with Crippen molar-refractivity contribution in [1.29, 1.82) is 0 Å². The van der Waals surface area contributed by atoms with Crippen molar-refractivity contribution in [3.63, 3.8) is 0 Å². The highest BCUT2D eigenvalue weighted by molar-refractivity contribution is 6.01. The summed E-state index contributed by atoms with van der Waals surface area (Å²) in [7, 11) is 1.60. The molecule has 0 aromatic heterocycles. The van der Waals surface area contributed by atoms with Gasteiger partial charge in [-0.1, -0.05) is 30.3 Å². The van der Waals surface area contributed by atoms with Crippen LogP contribution in [0.15, 0.2) is 30.3 Å². The average Bonchev–Trinajstić information content (AvgIpc) is 2.79. The Bertz CT molecular complexity index is 601. The first-order valence-corrected chi connectivity index (χ1v) is 8.29. The van der Waals surface area contributed by atoms with Gasteiger partial charge in [0.2, 0.25) is 11.8 Å². The van der Waals surface area contributed by atoms with Crippen LogP contribution < -0.4 is 0 Å². The van der Waals surface area contributed by atoms with Gasteiger partial charge in [0.05, 0.1) is 0 Å². The molecule has 0 saturated carbocycles. The maximum absolute atomic E-state index is 12.5. The molecule has 1 saturated heterocycles. The van der Waals surface area contributed by atoms with Crippen LogP contribution in [0.25, 0.3) is 0 Å². The van der Waals surface area contributed by atoms with E-state index < -0.39 is 0 Å². The molecule has 1 aromatic rings. The second-order valence-corrected chi connectivity index (χ2v) is 6.39. The standard InChI is InChI=1S/C18H25N3O3/c1-14(2)21(12-15-8-5-4-6-9-15)16(22)10-7-11-20-17(23)13-19(3)18(20)24/h4-6,8-9,14H,7,10-13H2,1-3H3. The lowest BCUT2D eigenvalue weighted by atomic mass is 10.1. The van der Waals surface area contributed by atoms with E-state index in [4.69, 9.17) is 0 Å². The van der Waals surface area contributed by atoms with E-state index in [0.717, 1.165) is 5.56 Å². The maximum Gasteiger partial charge on any atom is 0.326 e. The molecule has 0 spiro atoms. The van der Waals surface area contributed by atoms with E-state index in [1.807, 2.05) is 49.1 Å². The van der Waals surface area contributed by atoms with Gasteiger partial charge in [-0.15, -0.1) is 0 Å². The average molecular weight is 331 g/mol. The number of urea groups is 1. The van der Waals surface area contributed by atoms with Crippen molar-refractivity contribution in [3.05, 3.63) is 35.9 Å². The first-order valence-electron chi connectivity index (χ1n) is 8.29. The molecule has 24 heavy (non-hydrogen) atoms. The molecule has 1 heterocycles. The predicted molar refractivity (Wildman–Crippen MR) is 91.1 cm³/mol. The smallest absolute Gasteiger partial charge is 0.326 e. The highest BCUT2D eigenvalue weighted by Gasteiger charge is 2.33. The van der Waals surface area contributed by atoms with Gasteiger partial charge < -0.3 is 9.80 Å². The lowest BCUT2D eigenvalue weighted by Gasteiger charge is -2.27. The second-order valence-electron chi connectivity index (χ2n) is 6.39. The molecule has 0 radical (unpaired) electrons. The number of carbonyl (C=O) groups is 3. The van der Waals surface area contributed by atoms with Crippen molar-refractivity contribution in [3.8, 4) is 0 Å². The molecule has 1 fully saturated rings. The molecule has 0 N–H and O–H groups in total. The highest BCUT2D eigenvalue weighted by atomic mass is 16.2. The predicted octanol–water partition coefficient (Wildman–Crippen LogP) is 2.10. The Morgan fingerprint density at radius 2 is 1.88 bits per heavy atom. The summed E-state index contributed by atoms with van der Waals surface area (Å²) in [6, 6.07) is 9.68. The second kappa shape index (κ2) is 7.95. The number of amides is 4. The third kappa shape index (κ3) is 4.34. The van der Waals surface area contributed by atoms with Crippen LogP contribution in [0.5, 0.6) is 0 Å². The summed E-state index contributed by atoms with van der Waals surface area (Å²) >= 11 is 0. The van der Waals surface area contributed by atoms with Gasteiger partial charge in [-0.3, -0.25) is 14.5 Å². The van der Waals surface area contributed by atoms with E-state index in [9.17, 15) is 14.4 Å². The minimum atomic E-state index is -0.280. The van der Waals surface area contributed by atoms with Crippen LogP contribution in [0.1, 0.15) is 32.3 Å². The Labute approximate surface area is 143 Å². The molecule has 1 aromatic carbocycles. The van der Waals surface area contributed by atoms with E-state index in [1.54, 1.807) is 7.05 Å². The van der Waals surface area contributed by atoms with Crippen LogP contribution in [-0.2, 0) is 16.1 Å². The Kier molecular flexibility index (Phi) is 5.95. The number of carbonyl (C=O) groups excluding carboxylic acids is 3. The van der Waals surface area contributed by atoms with Crippen molar-refractivity contribution in [2.45, 2.75) is 39.3 Å². The van der Waals surface area contributed by atoms with E-state index >= 15 is 0 Å². The van der Waals surface area contributed by atoms with E-state index in [2.05, 4.69) is 0 Å². The minimum absolute atomic E-state index is 0.0429. The van der Waals surface area contributed by atoms with Crippen molar-refractivity contribution in [2.24, 2.45) is 0 Å². The molecule has 6 heteroatoms. The molecule has 0 bridgehead atoms. The van der Waals surface area contributed by atoms with Gasteiger partial charge in [-0.2, -0.15) is 0 Å². The fraction of sp³-hybridized carbons (Fsp3) is 0.500. The zero-order valence-electron chi connectivity index (χ0n) is 14.6. The fourth-order valence-corrected chi connectivity index (χ4v) is 2.76. The molecule has 0 unspecified atom stereocenters. The quantitative estimate of drug-likeness (QED) is 0.719. The number of imide groups is 1. The zero-order chi connectivity index (χ0) is 17.7. The topological polar surface area (TPSA) is 60.9 Å². The number of benzene rings is 1. The SMILES string of the molecule is CC(C)N(Cc1ccccc1)C(=O)CCCN1C(=O)CN(C)C1=O. The summed E-state index contributed by atoms with van der Waals surface area (Å²) in [5.74, 6) is -0.152. The maximum atomic E-state index is 12.5. The molecule has 2 rings (SSSR count). The molecule has 1 aliphatic rings. The monoisotopic (exact) mass is 331 g/mol. The lowest BCUT2D eigenvalue weighted by molar-refractivity contribution is -0.134. The van der Waals surface area contributed by atoms with Gasteiger partial charge in [-0.05, 0) is 25.8 Å². The van der Waals surface area contributed by atoms with Gasteiger partial charge in [0.15, 0.2) is 0 Å². The fourth-order valence-electron chi connectivity index (χ4n) is 2.76. The van der Waals surface area contributed by atoms with Crippen LogP contribution >= 0.6 is 0 Å². The molecule has 0 atom stereocenters. The molecule has 4 amide bonds. The van der Waals surface area contributed by atoms with Gasteiger partial charge in [0.1, 0.15) is 6.54 Å². The van der Waals surface area contributed by atoms with Crippen LogP contribution in [0, 0.1) is 0 Å². The number of hydrogen-bond acceptors (Lipinski definition) is 3. The molecule has 1 aliphatic heterocycles. The van der Waals surface area contributed by atoms with Crippen LogP contribution in [-0.4, -0.2) is 58.7 Å². The summed E-state index contributed by atoms with van der Waals surface area (Å²) in [5.41, 5.74) is 1.09. The van der Waals surface area contributed by atoms with E-state index in [1.165, 1.54) is 9.80 Å². The Morgan fingerprint density at radius 1 is 1.21 bits per heavy atom. The Morgan fingerprint density at radius 3 is 2.42 bits per heavy atom. The van der Waals surface area contributed by atoms with Crippen molar-refractivity contribution in [2.75, 3.05) is 20.1 Å². The molecule has 130 valence electrons. The lowest BCUT2D eigenvalue weighted by Crippen LogP contribution is -2.37. The first kappa shape index (κ1) is 18.0. The normalized spacial score (nSPS) is 14.7. The van der Waals surface area contributed by atoms with Gasteiger partial charge in [0.25, 0.3) is 0 Å².